The molecule has 0 unspecified atom stereocenters. The Bertz CT molecular complexity index is 1420. The molecule has 9 nitrogen and oxygen atoms in total. The number of aryl methyl sites for hydroxylation is 1. The van der Waals surface area contributed by atoms with Crippen molar-refractivity contribution < 1.29 is 32.2 Å². The van der Waals surface area contributed by atoms with Crippen molar-refractivity contribution in [3.63, 3.8) is 0 Å². The summed E-state index contributed by atoms with van der Waals surface area (Å²) >= 11 is 0. The number of ether oxygens (including phenoxy) is 3. The molecule has 4 rings (SSSR count). The van der Waals surface area contributed by atoms with Gasteiger partial charge >= 0.3 is 5.97 Å². The lowest BCUT2D eigenvalue weighted by Crippen LogP contribution is -2.33. The van der Waals surface area contributed by atoms with Crippen LogP contribution in [0.5, 0.6) is 11.5 Å². The first-order valence-electron chi connectivity index (χ1n) is 12.5. The van der Waals surface area contributed by atoms with E-state index in [-0.39, 0.29) is 22.3 Å². The number of rotatable bonds is 10. The number of Topliss-reactive ketones (excluding diaryl/α,β-unsaturated/α-hetero) is 1. The number of nitrogens with zero attached hydrogens (tertiary/aromatic N) is 2. The maximum absolute atomic E-state index is 12.9. The van der Waals surface area contributed by atoms with Gasteiger partial charge in [0, 0.05) is 30.0 Å². The minimum atomic E-state index is -3.63. The van der Waals surface area contributed by atoms with Gasteiger partial charge in [0.1, 0.15) is 6.61 Å². The largest absolute Gasteiger partial charge is 0.486 e. The second kappa shape index (κ2) is 11.4. The molecule has 3 aromatic rings. The van der Waals surface area contributed by atoms with Crippen LogP contribution in [-0.2, 0) is 21.3 Å². The van der Waals surface area contributed by atoms with Gasteiger partial charge in [0.25, 0.3) is 0 Å². The van der Waals surface area contributed by atoms with Gasteiger partial charge in [-0.1, -0.05) is 26.0 Å². The molecular formula is C28H32N2O7S. The van der Waals surface area contributed by atoms with Gasteiger partial charge in [-0.15, -0.1) is 0 Å². The molecule has 0 fully saturated rings. The molecule has 202 valence electrons. The summed E-state index contributed by atoms with van der Waals surface area (Å²) in [7, 11) is -3.63. The SMILES string of the molecule is CCN(CC)S(=O)(=O)c1ccc(C(=O)OCC(=O)c2cc(C)n(C[C@@H]3COc4ccccc4O3)c2C)cc1. The number of esters is 1. The van der Waals surface area contributed by atoms with E-state index in [2.05, 4.69) is 0 Å². The maximum atomic E-state index is 12.9. The fraction of sp³-hybridized carbons (Fsp3) is 0.357. The molecule has 0 radical (unpaired) electrons. The van der Waals surface area contributed by atoms with E-state index in [0.29, 0.717) is 43.3 Å². The Labute approximate surface area is 223 Å². The Balaban J connectivity index is 1.38. The van der Waals surface area contributed by atoms with Crippen molar-refractivity contribution in [3.05, 3.63) is 77.1 Å². The second-order valence-electron chi connectivity index (χ2n) is 9.01. The predicted molar refractivity (Wildman–Crippen MR) is 141 cm³/mol. The van der Waals surface area contributed by atoms with Crippen LogP contribution >= 0.6 is 0 Å². The summed E-state index contributed by atoms with van der Waals surface area (Å²) in [5.41, 5.74) is 2.26. The summed E-state index contributed by atoms with van der Waals surface area (Å²) in [6, 6.07) is 14.8. The van der Waals surface area contributed by atoms with Crippen LogP contribution in [0.4, 0.5) is 0 Å². The van der Waals surface area contributed by atoms with Gasteiger partial charge in [-0.2, -0.15) is 4.31 Å². The zero-order chi connectivity index (χ0) is 27.4. The van der Waals surface area contributed by atoms with Crippen LogP contribution in [0.3, 0.4) is 0 Å². The number of carbonyl (C=O) groups excluding carboxylic acids is 2. The van der Waals surface area contributed by atoms with E-state index in [1.807, 2.05) is 42.7 Å². The molecule has 1 aliphatic rings. The number of hydrogen-bond donors (Lipinski definition) is 0. The fourth-order valence-electron chi connectivity index (χ4n) is 4.49. The van der Waals surface area contributed by atoms with Gasteiger partial charge in [-0.05, 0) is 56.3 Å². The molecule has 2 aromatic carbocycles. The average Bonchev–Trinajstić information content (AvgIpc) is 3.20. The minimum Gasteiger partial charge on any atom is -0.486 e. The number of sulfonamides is 1. The van der Waals surface area contributed by atoms with E-state index in [1.165, 1.54) is 28.6 Å². The third kappa shape index (κ3) is 5.61. The zero-order valence-corrected chi connectivity index (χ0v) is 22.8. The third-order valence-corrected chi connectivity index (χ3v) is 8.66. The first-order valence-corrected chi connectivity index (χ1v) is 13.9. The summed E-state index contributed by atoms with van der Waals surface area (Å²) in [6.07, 6.45) is -0.219. The van der Waals surface area contributed by atoms with Crippen molar-refractivity contribution in [2.75, 3.05) is 26.3 Å². The van der Waals surface area contributed by atoms with Gasteiger partial charge in [-0.3, -0.25) is 4.79 Å². The van der Waals surface area contributed by atoms with Crippen molar-refractivity contribution in [1.82, 2.24) is 8.87 Å². The Kier molecular flexibility index (Phi) is 8.23. The van der Waals surface area contributed by atoms with Crippen LogP contribution in [0.25, 0.3) is 0 Å². The van der Waals surface area contributed by atoms with Crippen LogP contribution in [-0.4, -0.2) is 61.4 Å². The number of para-hydroxylation sites is 2. The Hall–Kier alpha value is -3.63. The molecule has 10 heteroatoms. The molecule has 0 amide bonds. The molecule has 1 aromatic heterocycles. The standard InChI is InChI=1S/C28H32N2O7S/c1-5-29(6-2)38(33,34)23-13-11-21(12-14-23)28(32)36-18-25(31)24-15-19(3)30(20(24)4)16-22-17-35-26-9-7-8-10-27(26)37-22/h7-15,22H,5-6,16-18H2,1-4H3/t22-/m1/s1. The van der Waals surface area contributed by atoms with Crippen molar-refractivity contribution >= 4 is 21.8 Å². The Morgan fingerprint density at radius 3 is 2.34 bits per heavy atom. The summed E-state index contributed by atoms with van der Waals surface area (Å²) < 4.78 is 45.7. The lowest BCUT2D eigenvalue weighted by molar-refractivity contribution is 0.0474. The molecule has 0 bridgehead atoms. The van der Waals surface area contributed by atoms with E-state index in [1.54, 1.807) is 19.9 Å². The van der Waals surface area contributed by atoms with E-state index in [0.717, 1.165) is 11.4 Å². The highest BCUT2D eigenvalue weighted by molar-refractivity contribution is 7.89. The van der Waals surface area contributed by atoms with E-state index >= 15 is 0 Å². The zero-order valence-electron chi connectivity index (χ0n) is 22.0. The summed E-state index contributed by atoms with van der Waals surface area (Å²) in [5, 5.41) is 0. The quantitative estimate of drug-likeness (QED) is 0.283. The first-order chi connectivity index (χ1) is 18.1. The smallest absolute Gasteiger partial charge is 0.338 e. The minimum absolute atomic E-state index is 0.0945. The van der Waals surface area contributed by atoms with Crippen LogP contribution in [0, 0.1) is 13.8 Å². The Morgan fingerprint density at radius 1 is 1.03 bits per heavy atom. The fourth-order valence-corrected chi connectivity index (χ4v) is 5.95. The van der Waals surface area contributed by atoms with Crippen LogP contribution < -0.4 is 9.47 Å². The van der Waals surface area contributed by atoms with Crippen molar-refractivity contribution in [1.29, 1.82) is 0 Å². The van der Waals surface area contributed by atoms with Crippen molar-refractivity contribution in [3.8, 4) is 11.5 Å². The number of carbonyl (C=O) groups is 2. The second-order valence-corrected chi connectivity index (χ2v) is 10.9. The summed E-state index contributed by atoms with van der Waals surface area (Å²) in [4.78, 5) is 25.6. The van der Waals surface area contributed by atoms with Gasteiger partial charge < -0.3 is 18.8 Å². The number of fused-ring (bicyclic) bond motifs is 1. The van der Waals surface area contributed by atoms with Crippen molar-refractivity contribution in [2.45, 2.75) is 45.2 Å². The van der Waals surface area contributed by atoms with E-state index < -0.39 is 22.6 Å². The third-order valence-electron chi connectivity index (χ3n) is 6.60. The highest BCUT2D eigenvalue weighted by atomic mass is 32.2. The number of aromatic nitrogens is 1. The first kappa shape index (κ1) is 27.4. The van der Waals surface area contributed by atoms with Gasteiger partial charge in [0.15, 0.2) is 24.2 Å². The molecule has 2 heterocycles. The molecule has 0 saturated carbocycles. The molecule has 0 saturated heterocycles. The summed E-state index contributed by atoms with van der Waals surface area (Å²) in [6.45, 7) is 8.43. The van der Waals surface area contributed by atoms with Crippen LogP contribution in [0.2, 0.25) is 0 Å². The highest BCUT2D eigenvalue weighted by Gasteiger charge is 2.25. The van der Waals surface area contributed by atoms with Gasteiger partial charge in [-0.25, -0.2) is 13.2 Å². The van der Waals surface area contributed by atoms with Crippen LogP contribution in [0.1, 0.15) is 46.0 Å². The maximum Gasteiger partial charge on any atom is 0.338 e. The predicted octanol–water partition coefficient (Wildman–Crippen LogP) is 4.02. The van der Waals surface area contributed by atoms with Crippen LogP contribution in [0.15, 0.2) is 59.5 Å². The van der Waals surface area contributed by atoms with E-state index in [4.69, 9.17) is 14.2 Å². The Morgan fingerprint density at radius 2 is 1.68 bits per heavy atom. The van der Waals surface area contributed by atoms with Crippen molar-refractivity contribution in [2.24, 2.45) is 0 Å². The van der Waals surface area contributed by atoms with Gasteiger partial charge in [0.05, 0.1) is 17.0 Å². The molecule has 0 spiro atoms. The molecular weight excluding hydrogens is 508 g/mol. The topological polar surface area (TPSA) is 104 Å². The lowest BCUT2D eigenvalue weighted by Gasteiger charge is -2.27. The molecule has 38 heavy (non-hydrogen) atoms. The number of ketones is 1. The lowest BCUT2D eigenvalue weighted by atomic mass is 10.1. The number of benzene rings is 2. The summed E-state index contributed by atoms with van der Waals surface area (Å²) in [5.74, 6) is 0.366. The molecule has 1 aliphatic heterocycles. The van der Waals surface area contributed by atoms with Gasteiger partial charge in [0.2, 0.25) is 15.8 Å². The monoisotopic (exact) mass is 540 g/mol. The normalized spacial score (nSPS) is 14.9. The van der Waals surface area contributed by atoms with E-state index in [9.17, 15) is 18.0 Å². The highest BCUT2D eigenvalue weighted by Crippen LogP contribution is 2.31. The molecule has 1 atom stereocenters. The molecule has 0 aliphatic carbocycles. The molecule has 0 N–H and O–H groups in total. The number of hydrogen-bond acceptors (Lipinski definition) is 7. The average molecular weight is 541 g/mol.